The molecule has 3 heterocycles. The summed E-state index contributed by atoms with van der Waals surface area (Å²) in [5, 5.41) is 2.69. The van der Waals surface area contributed by atoms with Gasteiger partial charge in [-0.3, -0.25) is 9.71 Å². The molecule has 0 amide bonds. The number of halogens is 3. The fourth-order valence-corrected chi connectivity index (χ4v) is 5.59. The molecule has 0 saturated carbocycles. The Morgan fingerprint density at radius 3 is 2.71 bits per heavy atom. The summed E-state index contributed by atoms with van der Waals surface area (Å²) in [5.41, 5.74) is 0.915. The minimum atomic E-state index is -4.90. The molecular formula is C16H12F3N3O3S3. The van der Waals surface area contributed by atoms with Gasteiger partial charge in [0.25, 0.3) is 10.0 Å². The van der Waals surface area contributed by atoms with Crippen molar-refractivity contribution in [2.45, 2.75) is 10.6 Å². The third-order valence-electron chi connectivity index (χ3n) is 3.76. The molecule has 1 aliphatic heterocycles. The van der Waals surface area contributed by atoms with E-state index in [1.165, 1.54) is 23.9 Å². The number of thiophene rings is 1. The predicted octanol–water partition coefficient (Wildman–Crippen LogP) is 4.42. The summed E-state index contributed by atoms with van der Waals surface area (Å²) in [4.78, 5) is 7.38. The number of aliphatic imine (C=N–C) groups is 1. The van der Waals surface area contributed by atoms with Crippen LogP contribution in [0.25, 0.3) is 10.9 Å². The highest BCUT2D eigenvalue weighted by Gasteiger charge is 2.32. The Labute approximate surface area is 165 Å². The van der Waals surface area contributed by atoms with E-state index in [0.29, 0.717) is 23.1 Å². The third kappa shape index (κ3) is 3.98. The van der Waals surface area contributed by atoms with E-state index in [1.54, 1.807) is 17.5 Å². The number of aromatic amines is 1. The number of anilines is 1. The predicted molar refractivity (Wildman–Crippen MR) is 104 cm³/mol. The van der Waals surface area contributed by atoms with Gasteiger partial charge in [0.05, 0.1) is 16.9 Å². The lowest BCUT2D eigenvalue weighted by Crippen LogP contribution is -2.17. The zero-order valence-electron chi connectivity index (χ0n) is 13.9. The molecule has 0 bridgehead atoms. The lowest BCUT2D eigenvalue weighted by Gasteiger charge is -2.12. The van der Waals surface area contributed by atoms with E-state index in [1.807, 2.05) is 0 Å². The molecule has 2 N–H and O–H groups in total. The molecule has 3 aromatic rings. The van der Waals surface area contributed by atoms with Crippen LogP contribution in [0.15, 0.2) is 44.9 Å². The summed E-state index contributed by atoms with van der Waals surface area (Å²) in [5.74, 6) is 0.292. The van der Waals surface area contributed by atoms with Crippen molar-refractivity contribution >= 4 is 54.8 Å². The Morgan fingerprint density at radius 1 is 1.25 bits per heavy atom. The number of hydrogen-bond donors (Lipinski definition) is 2. The van der Waals surface area contributed by atoms with E-state index >= 15 is 0 Å². The van der Waals surface area contributed by atoms with Crippen molar-refractivity contribution in [3.8, 4) is 5.75 Å². The molecule has 1 aliphatic rings. The first-order valence-corrected chi connectivity index (χ1v) is 11.2. The highest BCUT2D eigenvalue weighted by molar-refractivity contribution is 8.14. The van der Waals surface area contributed by atoms with Gasteiger partial charge >= 0.3 is 6.36 Å². The molecule has 1 aromatic carbocycles. The van der Waals surface area contributed by atoms with Crippen LogP contribution in [-0.2, 0) is 10.0 Å². The van der Waals surface area contributed by atoms with Gasteiger partial charge in [-0.05, 0) is 23.6 Å². The van der Waals surface area contributed by atoms with E-state index in [0.717, 1.165) is 28.2 Å². The van der Waals surface area contributed by atoms with Crippen molar-refractivity contribution in [1.82, 2.24) is 4.98 Å². The smallest absolute Gasteiger partial charge is 0.406 e. The first-order valence-electron chi connectivity index (χ1n) is 7.88. The van der Waals surface area contributed by atoms with Crippen LogP contribution in [0, 0.1) is 0 Å². The number of fused-ring (bicyclic) bond motifs is 1. The van der Waals surface area contributed by atoms with Crippen molar-refractivity contribution < 1.29 is 26.3 Å². The molecular weight excluding hydrogens is 435 g/mol. The molecule has 0 unspecified atom stereocenters. The lowest BCUT2D eigenvalue weighted by molar-refractivity contribution is -0.274. The van der Waals surface area contributed by atoms with Crippen molar-refractivity contribution in [2.75, 3.05) is 17.0 Å². The number of nitrogens with one attached hydrogen (secondary N) is 2. The summed E-state index contributed by atoms with van der Waals surface area (Å²) in [6, 6.07) is 6.81. The van der Waals surface area contributed by atoms with Gasteiger partial charge in [0.1, 0.15) is 15.0 Å². The number of rotatable bonds is 5. The number of H-pyrrole nitrogens is 1. The second kappa shape index (κ2) is 7.01. The zero-order valence-corrected chi connectivity index (χ0v) is 16.4. The molecule has 2 aromatic heterocycles. The van der Waals surface area contributed by atoms with E-state index < -0.39 is 22.1 Å². The molecule has 0 saturated heterocycles. The van der Waals surface area contributed by atoms with E-state index in [2.05, 4.69) is 19.4 Å². The fraction of sp³-hybridized carbons (Fsp3) is 0.188. The van der Waals surface area contributed by atoms with Gasteiger partial charge < -0.3 is 9.72 Å². The minimum absolute atomic E-state index is 0.0417. The van der Waals surface area contributed by atoms with Crippen molar-refractivity contribution in [3.63, 3.8) is 0 Å². The third-order valence-corrected chi connectivity index (χ3v) is 7.53. The summed E-state index contributed by atoms with van der Waals surface area (Å²) in [7, 11) is -3.96. The molecule has 0 spiro atoms. The Morgan fingerprint density at radius 2 is 2.07 bits per heavy atom. The Balaban J connectivity index is 1.81. The number of sulfonamides is 1. The number of benzene rings is 1. The molecule has 4 rings (SSSR count). The maximum absolute atomic E-state index is 12.7. The number of thioether (sulfide) groups is 1. The maximum atomic E-state index is 12.7. The van der Waals surface area contributed by atoms with Gasteiger partial charge in [-0.1, -0.05) is 6.07 Å². The fourth-order valence-electron chi connectivity index (χ4n) is 2.71. The largest absolute Gasteiger partial charge is 0.573 e. The Bertz CT molecular complexity index is 1150. The number of nitrogens with zero attached hydrogens (tertiary/aromatic N) is 1. The average molecular weight is 447 g/mol. The van der Waals surface area contributed by atoms with E-state index in [4.69, 9.17) is 0 Å². The molecule has 0 radical (unpaired) electrons. The van der Waals surface area contributed by atoms with Gasteiger partial charge in [0.2, 0.25) is 0 Å². The molecule has 148 valence electrons. The van der Waals surface area contributed by atoms with Crippen molar-refractivity contribution in [3.05, 3.63) is 41.4 Å². The van der Waals surface area contributed by atoms with Crippen molar-refractivity contribution in [2.24, 2.45) is 4.99 Å². The van der Waals surface area contributed by atoms with Gasteiger partial charge in [0, 0.05) is 23.8 Å². The number of aromatic nitrogens is 1. The summed E-state index contributed by atoms with van der Waals surface area (Å²) in [6.45, 7) is 0.648. The van der Waals surface area contributed by atoms with Crippen LogP contribution in [-0.4, -0.2) is 37.1 Å². The van der Waals surface area contributed by atoms with Gasteiger partial charge in [-0.25, -0.2) is 8.42 Å². The van der Waals surface area contributed by atoms with Crippen molar-refractivity contribution in [1.29, 1.82) is 0 Å². The summed E-state index contributed by atoms with van der Waals surface area (Å²) >= 11 is 2.51. The van der Waals surface area contributed by atoms with Crippen LogP contribution in [0.2, 0.25) is 0 Å². The van der Waals surface area contributed by atoms with Gasteiger partial charge in [0.15, 0.2) is 0 Å². The van der Waals surface area contributed by atoms with Crippen LogP contribution in [0.1, 0.15) is 5.69 Å². The van der Waals surface area contributed by atoms with Crippen LogP contribution in [0.3, 0.4) is 0 Å². The zero-order chi connectivity index (χ0) is 19.9. The molecule has 0 fully saturated rings. The normalized spacial score (nSPS) is 15.0. The van der Waals surface area contributed by atoms with Crippen LogP contribution >= 0.6 is 23.1 Å². The maximum Gasteiger partial charge on any atom is 0.573 e. The Hall–Kier alpha value is -2.18. The Kier molecular flexibility index (Phi) is 4.79. The number of alkyl halides is 3. The highest BCUT2D eigenvalue weighted by atomic mass is 32.2. The second-order valence-corrected chi connectivity index (χ2v) is 9.68. The highest BCUT2D eigenvalue weighted by Crippen LogP contribution is 2.35. The molecule has 6 nitrogen and oxygen atoms in total. The topological polar surface area (TPSA) is 83.6 Å². The monoisotopic (exact) mass is 447 g/mol. The van der Waals surface area contributed by atoms with E-state index in [9.17, 15) is 21.6 Å². The summed E-state index contributed by atoms with van der Waals surface area (Å²) < 4.78 is 69.6. The van der Waals surface area contributed by atoms with E-state index in [-0.39, 0.29) is 9.90 Å². The average Bonchev–Trinajstić information content (AvgIpc) is 3.33. The first kappa shape index (κ1) is 19.2. The molecule has 0 aliphatic carbocycles. The second-order valence-electron chi connectivity index (χ2n) is 5.74. The minimum Gasteiger partial charge on any atom is -0.406 e. The number of ether oxygens (including phenoxy) is 1. The van der Waals surface area contributed by atoms with Crippen LogP contribution in [0.5, 0.6) is 5.75 Å². The van der Waals surface area contributed by atoms with Crippen LogP contribution < -0.4 is 9.46 Å². The SMILES string of the molecule is O=S(=O)(Nc1cc(OC(F)(F)F)cc2cc(C3=NCCS3)[nH]c12)c1cccs1. The van der Waals surface area contributed by atoms with Gasteiger partial charge in [-0.2, -0.15) is 0 Å². The molecule has 0 atom stereocenters. The molecule has 12 heteroatoms. The lowest BCUT2D eigenvalue weighted by atomic mass is 10.2. The molecule has 28 heavy (non-hydrogen) atoms. The quantitative estimate of drug-likeness (QED) is 0.607. The first-order chi connectivity index (χ1) is 13.2. The summed E-state index contributed by atoms with van der Waals surface area (Å²) in [6.07, 6.45) is -4.90. The number of hydrogen-bond acceptors (Lipinski definition) is 6. The van der Waals surface area contributed by atoms with Gasteiger partial charge in [-0.15, -0.1) is 36.3 Å². The standard InChI is InChI=1S/C16H12F3N3O3S3/c17-16(18,19)25-10-6-9-7-12(15-20-3-5-27-15)21-14(9)11(8-10)22-28(23,24)13-2-1-4-26-13/h1-2,4,6-8,21-22H,3,5H2. The van der Waals surface area contributed by atoms with Crippen LogP contribution in [0.4, 0.5) is 18.9 Å².